The second-order valence-electron chi connectivity index (χ2n) is 23.4. The molecule has 0 bridgehead atoms. The molecular formula is C68H71N5O23. The van der Waals surface area contributed by atoms with Gasteiger partial charge in [-0.2, -0.15) is 0 Å². The lowest BCUT2D eigenvalue weighted by Crippen LogP contribution is -2.64. The van der Waals surface area contributed by atoms with E-state index in [4.69, 9.17) is 66.6 Å². The second-order valence-corrected chi connectivity index (χ2v) is 23.4. The smallest absolute Gasteiger partial charge is 0.410 e. The van der Waals surface area contributed by atoms with Crippen molar-refractivity contribution in [3.05, 3.63) is 134 Å². The Hall–Kier alpha value is -10.2. The van der Waals surface area contributed by atoms with Crippen molar-refractivity contribution in [2.24, 2.45) is 0 Å². The van der Waals surface area contributed by atoms with Gasteiger partial charge < -0.3 is 86.8 Å². The van der Waals surface area contributed by atoms with Crippen LogP contribution in [-0.2, 0) is 108 Å². The van der Waals surface area contributed by atoms with Crippen molar-refractivity contribution in [1.82, 2.24) is 19.8 Å². The molecule has 1 fully saturated rings. The summed E-state index contributed by atoms with van der Waals surface area (Å²) in [7, 11) is 1.03. The number of nitrogens with one attached hydrogen (secondary N) is 2. The first-order valence-corrected chi connectivity index (χ1v) is 31.1. The number of ether oxygens (including phenoxy) is 13. The second kappa shape index (κ2) is 28.8. The van der Waals surface area contributed by atoms with Crippen molar-refractivity contribution in [3.63, 3.8) is 0 Å². The third-order valence-electron chi connectivity index (χ3n) is 17.0. The van der Waals surface area contributed by atoms with Gasteiger partial charge in [-0.15, -0.1) is 0 Å². The van der Waals surface area contributed by atoms with Crippen LogP contribution in [0, 0.1) is 0 Å². The Bertz CT molecular complexity index is 4070. The number of anilines is 1. The molecule has 28 nitrogen and oxygen atoms in total. The van der Waals surface area contributed by atoms with Crippen LogP contribution < -0.4 is 30.4 Å². The number of fused-ring (bicyclic) bond motifs is 9. The number of benzene rings is 4. The van der Waals surface area contributed by atoms with Gasteiger partial charge in [-0.3, -0.25) is 24.0 Å². The van der Waals surface area contributed by atoms with Crippen LogP contribution in [0.2, 0.25) is 0 Å². The van der Waals surface area contributed by atoms with E-state index in [1.807, 2.05) is 48.5 Å². The number of aromatic nitrogens is 2. The molecule has 0 unspecified atom stereocenters. The van der Waals surface area contributed by atoms with Crippen molar-refractivity contribution in [3.8, 4) is 39.8 Å². The zero-order chi connectivity index (χ0) is 68.1. The zero-order valence-corrected chi connectivity index (χ0v) is 53.6. The minimum absolute atomic E-state index is 0.0185. The number of methoxy groups -OCH3 is 1. The number of cyclic esters (lactones) is 1. The van der Waals surface area contributed by atoms with Gasteiger partial charge in [0.2, 0.25) is 25.1 Å². The van der Waals surface area contributed by atoms with Crippen LogP contribution in [0.3, 0.4) is 0 Å². The Kier molecular flexibility index (Phi) is 20.2. The fourth-order valence-corrected chi connectivity index (χ4v) is 12.5. The van der Waals surface area contributed by atoms with Gasteiger partial charge in [-0.25, -0.2) is 24.2 Å². The molecule has 1 aliphatic carbocycles. The van der Waals surface area contributed by atoms with Gasteiger partial charge in [0.25, 0.3) is 5.56 Å². The highest BCUT2D eigenvalue weighted by molar-refractivity contribution is 5.94. The molecule has 96 heavy (non-hydrogen) atoms. The van der Waals surface area contributed by atoms with Gasteiger partial charge in [-0.05, 0) is 84.3 Å². The minimum atomic E-state index is -2.05. The minimum Gasteiger partial charge on any atom is -0.467 e. The lowest BCUT2D eigenvalue weighted by Gasteiger charge is -2.43. The van der Waals surface area contributed by atoms with E-state index < -0.39 is 102 Å². The summed E-state index contributed by atoms with van der Waals surface area (Å²) in [5, 5.41) is 17.6. The molecule has 3 N–H and O–H groups in total. The van der Waals surface area contributed by atoms with Gasteiger partial charge in [0.15, 0.2) is 35.4 Å². The number of carbonyl (C=O) groups excluding carboxylic acids is 8. The predicted molar refractivity (Wildman–Crippen MR) is 334 cm³/mol. The number of aliphatic hydroxyl groups is 1. The highest BCUT2D eigenvalue weighted by Gasteiger charge is 2.56. The maximum absolute atomic E-state index is 14.4. The van der Waals surface area contributed by atoms with E-state index in [1.165, 1.54) is 27.7 Å². The van der Waals surface area contributed by atoms with Gasteiger partial charge in [0, 0.05) is 68.4 Å². The quantitative estimate of drug-likeness (QED) is 0.0356. The van der Waals surface area contributed by atoms with Gasteiger partial charge in [0.05, 0.1) is 61.6 Å². The van der Waals surface area contributed by atoms with Crippen LogP contribution in [-0.4, -0.2) is 164 Å². The fraction of sp³-hybridized carbons (Fsp3) is 0.412. The molecule has 0 saturated carbocycles. The molecule has 5 aliphatic rings. The molecule has 6 aromatic rings. The van der Waals surface area contributed by atoms with E-state index in [0.29, 0.717) is 44.9 Å². The van der Waals surface area contributed by atoms with Gasteiger partial charge >= 0.3 is 42.0 Å². The highest BCUT2D eigenvalue weighted by atomic mass is 16.7. The zero-order valence-electron chi connectivity index (χ0n) is 53.6. The molecule has 3 amide bonds. The Morgan fingerprint density at radius 2 is 1.47 bits per heavy atom. The number of esters is 5. The van der Waals surface area contributed by atoms with Crippen LogP contribution >= 0.6 is 0 Å². The Labute approximate surface area is 549 Å². The molecule has 6 heterocycles. The number of nitrogens with zero attached hydrogens (tertiary/aromatic N) is 3. The summed E-state index contributed by atoms with van der Waals surface area (Å²) in [6, 6.07) is 25.0. The number of amides is 3. The SMILES string of the molecule is CC[C@@]1(O)C(=O)OCc2c1cc1n(c2=O)Cc2c-1nc1cc3c(cc1c2CCN(C(=O)OCc1ccc(O[C@@H]2O[C@H](C(=O)OC)[C@@H](OC(C)=O)[C@H](OC(C)=O)[C@H]2OC(C)=O)c(NC(=O)COCCOCCNC(=O)OCC2c4ccccc4-c4ccccc42)c1)C(C)C)OCO3. The number of hydrogen-bond acceptors (Lipinski definition) is 24. The Morgan fingerprint density at radius 3 is 2.16 bits per heavy atom. The monoisotopic (exact) mass is 1330 g/mol. The van der Waals surface area contributed by atoms with Crippen LogP contribution in [0.25, 0.3) is 33.4 Å². The first kappa shape index (κ1) is 67.3. The van der Waals surface area contributed by atoms with Gasteiger partial charge in [-0.1, -0.05) is 61.5 Å². The van der Waals surface area contributed by atoms with Crippen molar-refractivity contribution >= 4 is 64.5 Å². The lowest BCUT2D eigenvalue weighted by molar-refractivity contribution is -0.282. The number of rotatable bonds is 24. The normalized spacial score (nSPS) is 19.3. The number of hydrogen-bond donors (Lipinski definition) is 3. The third-order valence-corrected chi connectivity index (χ3v) is 17.0. The molecule has 506 valence electrons. The number of carbonyl (C=O) groups is 8. The maximum Gasteiger partial charge on any atom is 0.410 e. The average molecular weight is 1330 g/mol. The van der Waals surface area contributed by atoms with Crippen LogP contribution in [0.15, 0.2) is 89.7 Å². The molecular weight excluding hydrogens is 1250 g/mol. The summed E-state index contributed by atoms with van der Waals surface area (Å²) in [6.07, 6.45) is -9.98. The largest absolute Gasteiger partial charge is 0.467 e. The molecule has 28 heteroatoms. The molecule has 2 aromatic heterocycles. The van der Waals surface area contributed by atoms with Crippen LogP contribution in [0.4, 0.5) is 15.3 Å². The van der Waals surface area contributed by atoms with Crippen molar-refractivity contribution in [1.29, 1.82) is 0 Å². The average Bonchev–Trinajstić information content (AvgIpc) is 1.50. The highest BCUT2D eigenvalue weighted by Crippen LogP contribution is 2.46. The fourth-order valence-electron chi connectivity index (χ4n) is 12.5. The van der Waals surface area contributed by atoms with Crippen molar-refractivity contribution < 1.29 is 105 Å². The van der Waals surface area contributed by atoms with Gasteiger partial charge in [0.1, 0.15) is 32.2 Å². The Balaban J connectivity index is 0.781. The summed E-state index contributed by atoms with van der Waals surface area (Å²) in [4.78, 5) is 126. The van der Waals surface area contributed by atoms with E-state index in [-0.39, 0.29) is 107 Å². The summed E-state index contributed by atoms with van der Waals surface area (Å²) in [5.74, 6) is -4.80. The molecule has 4 aromatic carbocycles. The van der Waals surface area contributed by atoms with Crippen molar-refractivity contribution in [2.75, 3.05) is 65.3 Å². The summed E-state index contributed by atoms with van der Waals surface area (Å²) in [5.41, 5.74) is 5.11. The first-order valence-electron chi connectivity index (χ1n) is 31.1. The first-order chi connectivity index (χ1) is 46.1. The van der Waals surface area contributed by atoms with E-state index >= 15 is 0 Å². The molecule has 1 saturated heterocycles. The topological polar surface area (TPSA) is 339 Å². The van der Waals surface area contributed by atoms with E-state index in [0.717, 1.165) is 55.7 Å². The number of alkyl carbamates (subject to hydrolysis) is 1. The summed E-state index contributed by atoms with van der Waals surface area (Å²) >= 11 is 0. The summed E-state index contributed by atoms with van der Waals surface area (Å²) in [6.45, 7) is 7.53. The molecule has 0 radical (unpaired) electrons. The standard InChI is InChI=1S/C68H71N5O23/c1-8-68(83)49-27-52-57-46(29-73(52)62(78)48(49)32-87-65(68)80)44(45-26-54-55(91-34-90-54)28-50(45)71-57)19-21-72(35(2)3)67(82)89-30-39-17-18-53(95-64-61(94-38(6)76)59(93-37(5)75)58(92-36(4)74)60(96-64)63(79)84-7)51(25-39)70-56(77)33-86-24-23-85-22-20-69-66(81)88-31-47-42-15-11-9-13-40(42)41-14-10-12-16-43(41)47/h9-18,25-28,35,47,58-61,64,83H,8,19-24,29-34H2,1-7H3,(H,69,81)(H,70,77)/t58-,59-,60-,61+,64+,68-/m0/s1. The molecule has 6 atom stereocenters. The van der Waals surface area contributed by atoms with Crippen LogP contribution in [0.1, 0.15) is 92.8 Å². The molecule has 4 aliphatic heterocycles. The third kappa shape index (κ3) is 14.0. The van der Waals surface area contributed by atoms with E-state index in [9.17, 15) is 48.3 Å². The lowest BCUT2D eigenvalue weighted by atomic mass is 9.86. The Morgan fingerprint density at radius 1 is 0.792 bits per heavy atom. The summed E-state index contributed by atoms with van der Waals surface area (Å²) < 4.78 is 74.9. The molecule has 0 spiro atoms. The molecule has 11 rings (SSSR count). The number of pyridine rings is 2. The predicted octanol–water partition coefficient (Wildman–Crippen LogP) is 5.98. The van der Waals surface area contributed by atoms with Crippen molar-refractivity contribution in [2.45, 2.75) is 122 Å². The van der Waals surface area contributed by atoms with Crippen LogP contribution in [0.5, 0.6) is 17.2 Å². The van der Waals surface area contributed by atoms with E-state index in [2.05, 4.69) is 10.6 Å². The van der Waals surface area contributed by atoms with E-state index in [1.54, 1.807) is 39.0 Å². The maximum atomic E-state index is 14.4.